The van der Waals surface area contributed by atoms with Crippen LogP contribution in [0.2, 0.25) is 0 Å². The highest BCUT2D eigenvalue weighted by Crippen LogP contribution is 1.81. The van der Waals surface area contributed by atoms with Crippen molar-refractivity contribution in [1.29, 1.82) is 0 Å². The van der Waals surface area contributed by atoms with Gasteiger partial charge in [0, 0.05) is 0 Å². The van der Waals surface area contributed by atoms with E-state index >= 15 is 0 Å². The van der Waals surface area contributed by atoms with Crippen molar-refractivity contribution in [3.8, 4) is 0 Å². The van der Waals surface area contributed by atoms with Gasteiger partial charge in [-0.25, -0.2) is 0 Å². The highest BCUT2D eigenvalue weighted by atomic mass is 16.5. The van der Waals surface area contributed by atoms with Crippen molar-refractivity contribution in [2.24, 2.45) is 5.73 Å². The van der Waals surface area contributed by atoms with Gasteiger partial charge in [0.1, 0.15) is 0 Å². The molecule has 0 atom stereocenters. The molecule has 3 N–H and O–H groups in total. The van der Waals surface area contributed by atoms with Gasteiger partial charge in [0.05, 0.1) is 13.7 Å². The molecular formula is C7H16N2O2. The topological polar surface area (TPSA) is 64.3 Å². The lowest BCUT2D eigenvalue weighted by atomic mass is 10.3. The normalized spacial score (nSPS) is 9.64. The molecule has 11 heavy (non-hydrogen) atoms. The minimum atomic E-state index is -0.224. The summed E-state index contributed by atoms with van der Waals surface area (Å²) < 4.78 is 4.43. The molecule has 4 nitrogen and oxygen atoms in total. The molecular weight excluding hydrogens is 144 g/mol. The number of unbranched alkanes of at least 4 members (excludes halogenated alkanes) is 1. The fraction of sp³-hybridized carbons (Fsp3) is 0.857. The first-order chi connectivity index (χ1) is 5.31. The Balaban J connectivity index is 2.95. The standard InChI is InChI=1S/C7H16N2O2/c1-11-7(10)6-9-5-3-2-4-8/h9H,2-6,8H2,1H3. The number of nitrogens with two attached hydrogens (primary N) is 1. The van der Waals surface area contributed by atoms with Crippen LogP contribution in [0.15, 0.2) is 0 Å². The van der Waals surface area contributed by atoms with E-state index in [0.717, 1.165) is 19.4 Å². The molecule has 0 saturated carbocycles. The van der Waals surface area contributed by atoms with E-state index in [-0.39, 0.29) is 5.97 Å². The Morgan fingerprint density at radius 2 is 2.27 bits per heavy atom. The maximum Gasteiger partial charge on any atom is 0.319 e. The van der Waals surface area contributed by atoms with Gasteiger partial charge in [0.15, 0.2) is 0 Å². The van der Waals surface area contributed by atoms with Gasteiger partial charge in [-0.3, -0.25) is 4.79 Å². The highest BCUT2D eigenvalue weighted by molar-refractivity contribution is 5.71. The first-order valence-corrected chi connectivity index (χ1v) is 3.79. The Morgan fingerprint density at radius 1 is 1.55 bits per heavy atom. The summed E-state index contributed by atoms with van der Waals surface area (Å²) in [6.07, 6.45) is 2.00. The van der Waals surface area contributed by atoms with Crippen LogP contribution in [0.5, 0.6) is 0 Å². The van der Waals surface area contributed by atoms with Crippen LogP contribution in [0.4, 0.5) is 0 Å². The molecule has 0 aliphatic carbocycles. The molecule has 0 heterocycles. The fourth-order valence-electron chi connectivity index (χ4n) is 0.657. The lowest BCUT2D eigenvalue weighted by Gasteiger charge is -2.01. The van der Waals surface area contributed by atoms with Gasteiger partial charge in [0.2, 0.25) is 0 Å². The summed E-state index contributed by atoms with van der Waals surface area (Å²) in [4.78, 5) is 10.5. The molecule has 0 unspecified atom stereocenters. The Bertz CT molecular complexity index is 107. The Morgan fingerprint density at radius 3 is 2.82 bits per heavy atom. The first kappa shape index (κ1) is 10.4. The van der Waals surface area contributed by atoms with E-state index in [1.165, 1.54) is 7.11 Å². The number of esters is 1. The molecule has 0 spiro atoms. The minimum Gasteiger partial charge on any atom is -0.468 e. The zero-order valence-electron chi connectivity index (χ0n) is 6.93. The average Bonchev–Trinajstić information content (AvgIpc) is 2.04. The van der Waals surface area contributed by atoms with Gasteiger partial charge in [0.25, 0.3) is 0 Å². The largest absolute Gasteiger partial charge is 0.468 e. The van der Waals surface area contributed by atoms with E-state index in [1.54, 1.807) is 0 Å². The quantitative estimate of drug-likeness (QED) is 0.405. The predicted molar refractivity (Wildman–Crippen MR) is 43.2 cm³/mol. The molecule has 0 radical (unpaired) electrons. The molecule has 0 aromatic rings. The zero-order valence-corrected chi connectivity index (χ0v) is 6.93. The van der Waals surface area contributed by atoms with Crippen molar-refractivity contribution in [2.75, 3.05) is 26.7 Å². The van der Waals surface area contributed by atoms with E-state index in [9.17, 15) is 4.79 Å². The molecule has 0 aliphatic rings. The van der Waals surface area contributed by atoms with Crippen molar-refractivity contribution in [3.63, 3.8) is 0 Å². The summed E-state index contributed by atoms with van der Waals surface area (Å²) in [5.41, 5.74) is 5.28. The molecule has 0 bridgehead atoms. The van der Waals surface area contributed by atoms with Crippen LogP contribution in [0.25, 0.3) is 0 Å². The number of rotatable bonds is 6. The van der Waals surface area contributed by atoms with Gasteiger partial charge in [-0.05, 0) is 25.9 Å². The molecule has 0 saturated heterocycles. The van der Waals surface area contributed by atoms with E-state index in [4.69, 9.17) is 5.73 Å². The zero-order chi connectivity index (χ0) is 8.53. The number of carbonyl (C=O) groups excluding carboxylic acids is 1. The van der Waals surface area contributed by atoms with Crippen molar-refractivity contribution >= 4 is 5.97 Å². The molecule has 0 fully saturated rings. The van der Waals surface area contributed by atoms with Gasteiger partial charge in [-0.2, -0.15) is 0 Å². The van der Waals surface area contributed by atoms with E-state index in [0.29, 0.717) is 13.1 Å². The molecule has 0 aromatic carbocycles. The second-order valence-electron chi connectivity index (χ2n) is 2.25. The number of nitrogens with one attached hydrogen (secondary N) is 1. The number of methoxy groups -OCH3 is 1. The summed E-state index contributed by atoms with van der Waals surface area (Å²) in [5.74, 6) is -0.224. The SMILES string of the molecule is COC(=O)CNCCCCN. The number of hydrogen-bond donors (Lipinski definition) is 2. The monoisotopic (exact) mass is 160 g/mol. The molecule has 0 aliphatic heterocycles. The minimum absolute atomic E-state index is 0.224. The van der Waals surface area contributed by atoms with Crippen LogP contribution in [-0.2, 0) is 9.53 Å². The number of carbonyl (C=O) groups is 1. The summed E-state index contributed by atoms with van der Waals surface area (Å²) in [5, 5.41) is 2.94. The van der Waals surface area contributed by atoms with Crippen molar-refractivity contribution < 1.29 is 9.53 Å². The third-order valence-corrected chi connectivity index (χ3v) is 1.30. The molecule has 4 heteroatoms. The average molecular weight is 160 g/mol. The van der Waals surface area contributed by atoms with Gasteiger partial charge in [-0.1, -0.05) is 0 Å². The van der Waals surface area contributed by atoms with Crippen molar-refractivity contribution in [1.82, 2.24) is 5.32 Å². The maximum absolute atomic E-state index is 10.5. The first-order valence-electron chi connectivity index (χ1n) is 3.79. The van der Waals surface area contributed by atoms with Gasteiger partial charge >= 0.3 is 5.97 Å². The van der Waals surface area contributed by atoms with Crippen LogP contribution < -0.4 is 11.1 Å². The summed E-state index contributed by atoms with van der Waals surface area (Å²) in [7, 11) is 1.38. The second kappa shape index (κ2) is 7.50. The maximum atomic E-state index is 10.5. The Hall–Kier alpha value is -0.610. The summed E-state index contributed by atoms with van der Waals surface area (Å²) in [6.45, 7) is 1.83. The van der Waals surface area contributed by atoms with Crippen molar-refractivity contribution in [3.05, 3.63) is 0 Å². The lowest BCUT2D eigenvalue weighted by molar-refractivity contribution is -0.139. The van der Waals surface area contributed by atoms with Crippen LogP contribution in [0.1, 0.15) is 12.8 Å². The number of hydrogen-bond acceptors (Lipinski definition) is 4. The molecule has 0 amide bonds. The van der Waals surface area contributed by atoms with E-state index < -0.39 is 0 Å². The molecule has 0 aromatic heterocycles. The number of ether oxygens (including phenoxy) is 1. The van der Waals surface area contributed by atoms with Crippen LogP contribution in [0, 0.1) is 0 Å². The smallest absolute Gasteiger partial charge is 0.319 e. The van der Waals surface area contributed by atoms with E-state index in [1.807, 2.05) is 0 Å². The lowest BCUT2D eigenvalue weighted by Crippen LogP contribution is -2.25. The van der Waals surface area contributed by atoms with Crippen LogP contribution in [-0.4, -0.2) is 32.7 Å². The fourth-order valence-corrected chi connectivity index (χ4v) is 0.657. The van der Waals surface area contributed by atoms with Crippen LogP contribution in [0.3, 0.4) is 0 Å². The molecule has 0 rings (SSSR count). The molecule has 66 valence electrons. The van der Waals surface area contributed by atoms with Gasteiger partial charge < -0.3 is 15.8 Å². The van der Waals surface area contributed by atoms with E-state index in [2.05, 4.69) is 10.1 Å². The van der Waals surface area contributed by atoms with Gasteiger partial charge in [-0.15, -0.1) is 0 Å². The van der Waals surface area contributed by atoms with Crippen molar-refractivity contribution in [2.45, 2.75) is 12.8 Å². The Labute approximate surface area is 67.1 Å². The highest BCUT2D eigenvalue weighted by Gasteiger charge is 1.96. The Kier molecular flexibility index (Phi) is 7.08. The predicted octanol–water partition coefficient (Wildman–Crippen LogP) is -0.512. The van der Waals surface area contributed by atoms with Crippen LogP contribution >= 0.6 is 0 Å². The third-order valence-electron chi connectivity index (χ3n) is 1.30. The summed E-state index contributed by atoms with van der Waals surface area (Å²) >= 11 is 0. The second-order valence-corrected chi connectivity index (χ2v) is 2.25. The summed E-state index contributed by atoms with van der Waals surface area (Å²) in [6, 6.07) is 0. The third kappa shape index (κ3) is 7.29.